The zero-order valence-corrected chi connectivity index (χ0v) is 16.6. The van der Waals surface area contributed by atoms with Gasteiger partial charge in [0.2, 0.25) is 5.91 Å². The lowest BCUT2D eigenvalue weighted by molar-refractivity contribution is -0.114. The maximum atomic E-state index is 11.0. The highest BCUT2D eigenvalue weighted by atomic mass is 35.5. The van der Waals surface area contributed by atoms with Crippen molar-refractivity contribution in [2.45, 2.75) is 13.0 Å². The average Bonchev–Trinajstić information content (AvgIpc) is 2.56. The Morgan fingerprint density at radius 1 is 1.15 bits per heavy atom. The number of carbonyl (C=O) groups is 1. The lowest BCUT2D eigenvalue weighted by atomic mass is 10.2. The Morgan fingerprint density at radius 2 is 1.73 bits per heavy atom. The molecular formula is C17H29Cl2N3O4. The fourth-order valence-corrected chi connectivity index (χ4v) is 2.72. The molecule has 1 unspecified atom stereocenters. The van der Waals surface area contributed by atoms with Crippen molar-refractivity contribution in [3.8, 4) is 5.75 Å². The second-order valence-electron chi connectivity index (χ2n) is 6.04. The van der Waals surface area contributed by atoms with Crippen LogP contribution in [0.3, 0.4) is 0 Å². The minimum Gasteiger partial charge on any atom is -0.491 e. The number of aliphatic hydroxyl groups is 2. The SMILES string of the molecule is CC(=O)Nc1ccc(OCC(O)CN2CCN(CCO)CC2)cc1.Cl.Cl. The van der Waals surface area contributed by atoms with Gasteiger partial charge in [0.25, 0.3) is 0 Å². The van der Waals surface area contributed by atoms with Crippen molar-refractivity contribution in [3.05, 3.63) is 24.3 Å². The number of β-amino-alcohol motifs (C(OH)–C–C–N with tert-alkyl or cyclic N) is 2. The molecule has 3 N–H and O–H groups in total. The molecule has 0 bridgehead atoms. The molecular weight excluding hydrogens is 381 g/mol. The number of hydrogen-bond acceptors (Lipinski definition) is 6. The fraction of sp³-hybridized carbons (Fsp3) is 0.588. The Hall–Kier alpha value is -1.09. The lowest BCUT2D eigenvalue weighted by Gasteiger charge is -2.35. The first kappa shape index (κ1) is 24.9. The first-order chi connectivity index (χ1) is 11.6. The van der Waals surface area contributed by atoms with Crippen LogP contribution in [0.4, 0.5) is 5.69 Å². The normalized spacial score (nSPS) is 16.1. The summed E-state index contributed by atoms with van der Waals surface area (Å²) in [5.74, 6) is 0.550. The maximum Gasteiger partial charge on any atom is 0.221 e. The van der Waals surface area contributed by atoms with E-state index in [1.807, 2.05) is 0 Å². The van der Waals surface area contributed by atoms with Gasteiger partial charge in [-0.2, -0.15) is 0 Å². The van der Waals surface area contributed by atoms with Gasteiger partial charge in [0.15, 0.2) is 0 Å². The fourth-order valence-electron chi connectivity index (χ4n) is 2.72. The summed E-state index contributed by atoms with van der Waals surface area (Å²) < 4.78 is 5.60. The van der Waals surface area contributed by atoms with Gasteiger partial charge in [0, 0.05) is 51.9 Å². The summed E-state index contributed by atoms with van der Waals surface area (Å²) in [4.78, 5) is 15.4. The lowest BCUT2D eigenvalue weighted by Crippen LogP contribution is -2.49. The van der Waals surface area contributed by atoms with Crippen LogP contribution in [0.5, 0.6) is 5.75 Å². The van der Waals surface area contributed by atoms with E-state index in [1.165, 1.54) is 6.92 Å². The molecule has 7 nitrogen and oxygen atoms in total. The van der Waals surface area contributed by atoms with Gasteiger partial charge in [-0.25, -0.2) is 0 Å². The van der Waals surface area contributed by atoms with Crippen LogP contribution < -0.4 is 10.1 Å². The number of nitrogens with one attached hydrogen (secondary N) is 1. The molecule has 150 valence electrons. The molecule has 9 heteroatoms. The van der Waals surface area contributed by atoms with E-state index in [-0.39, 0.29) is 43.9 Å². The highest BCUT2D eigenvalue weighted by Crippen LogP contribution is 2.16. The summed E-state index contributed by atoms with van der Waals surface area (Å²) in [7, 11) is 0. The molecule has 0 aromatic heterocycles. The molecule has 1 heterocycles. The zero-order chi connectivity index (χ0) is 17.4. The van der Waals surface area contributed by atoms with E-state index in [4.69, 9.17) is 9.84 Å². The van der Waals surface area contributed by atoms with Gasteiger partial charge in [-0.05, 0) is 24.3 Å². The molecule has 1 saturated heterocycles. The van der Waals surface area contributed by atoms with E-state index in [9.17, 15) is 9.90 Å². The van der Waals surface area contributed by atoms with Crippen molar-refractivity contribution in [1.82, 2.24) is 9.80 Å². The summed E-state index contributed by atoms with van der Waals surface area (Å²) in [6.45, 7) is 6.80. The molecule has 0 aliphatic carbocycles. The van der Waals surface area contributed by atoms with Crippen LogP contribution >= 0.6 is 24.8 Å². The van der Waals surface area contributed by atoms with Crippen LogP contribution in [0.25, 0.3) is 0 Å². The largest absolute Gasteiger partial charge is 0.491 e. The molecule has 1 aromatic carbocycles. The van der Waals surface area contributed by atoms with Gasteiger partial charge in [0.1, 0.15) is 18.5 Å². The number of hydrogen-bond donors (Lipinski definition) is 3. The number of halogens is 2. The first-order valence-electron chi connectivity index (χ1n) is 8.31. The summed E-state index contributed by atoms with van der Waals surface area (Å²) in [5, 5.41) is 21.8. The Labute approximate surface area is 167 Å². The van der Waals surface area contributed by atoms with Crippen molar-refractivity contribution in [3.63, 3.8) is 0 Å². The number of nitrogens with zero attached hydrogens (tertiary/aromatic N) is 2. The smallest absolute Gasteiger partial charge is 0.221 e. The second-order valence-corrected chi connectivity index (χ2v) is 6.04. The second kappa shape index (κ2) is 13.1. The van der Waals surface area contributed by atoms with E-state index in [0.29, 0.717) is 18.8 Å². The number of rotatable bonds is 8. The maximum absolute atomic E-state index is 11.0. The highest BCUT2D eigenvalue weighted by molar-refractivity contribution is 5.88. The number of amides is 1. The van der Waals surface area contributed by atoms with Crippen molar-refractivity contribution < 1.29 is 19.7 Å². The third-order valence-corrected chi connectivity index (χ3v) is 3.97. The van der Waals surface area contributed by atoms with Gasteiger partial charge in [-0.15, -0.1) is 24.8 Å². The number of piperazine rings is 1. The Morgan fingerprint density at radius 3 is 2.27 bits per heavy atom. The predicted octanol–water partition coefficient (Wildman–Crippen LogP) is 0.838. The van der Waals surface area contributed by atoms with Crippen LogP contribution in [-0.4, -0.2) is 84.5 Å². The summed E-state index contributed by atoms with van der Waals surface area (Å²) in [5.41, 5.74) is 0.719. The predicted molar refractivity (Wildman–Crippen MR) is 107 cm³/mol. The summed E-state index contributed by atoms with van der Waals surface area (Å²) in [6, 6.07) is 7.07. The molecule has 0 saturated carbocycles. The first-order valence-corrected chi connectivity index (χ1v) is 8.31. The molecule has 1 amide bonds. The molecule has 0 radical (unpaired) electrons. The highest BCUT2D eigenvalue weighted by Gasteiger charge is 2.19. The topological polar surface area (TPSA) is 85.3 Å². The van der Waals surface area contributed by atoms with Crippen LogP contribution in [0.2, 0.25) is 0 Å². The zero-order valence-electron chi connectivity index (χ0n) is 15.0. The molecule has 2 rings (SSSR count). The number of benzene rings is 1. The molecule has 26 heavy (non-hydrogen) atoms. The molecule has 0 spiro atoms. The molecule has 1 aliphatic rings. The molecule has 1 aliphatic heterocycles. The van der Waals surface area contributed by atoms with Gasteiger partial charge in [0.05, 0.1) is 6.61 Å². The Kier molecular flexibility index (Phi) is 12.6. The minimum atomic E-state index is -0.551. The summed E-state index contributed by atoms with van der Waals surface area (Å²) in [6.07, 6.45) is -0.551. The number of anilines is 1. The van der Waals surface area contributed by atoms with Crippen LogP contribution in [-0.2, 0) is 4.79 Å². The van der Waals surface area contributed by atoms with E-state index < -0.39 is 6.10 Å². The Bertz CT molecular complexity index is 511. The van der Waals surface area contributed by atoms with Crippen LogP contribution in [0.1, 0.15) is 6.92 Å². The van der Waals surface area contributed by atoms with E-state index in [0.717, 1.165) is 31.9 Å². The van der Waals surface area contributed by atoms with E-state index in [1.54, 1.807) is 24.3 Å². The van der Waals surface area contributed by atoms with Crippen molar-refractivity contribution in [2.24, 2.45) is 0 Å². The third kappa shape index (κ3) is 9.02. The average molecular weight is 410 g/mol. The van der Waals surface area contributed by atoms with Gasteiger partial charge in [-0.3, -0.25) is 14.6 Å². The standard InChI is InChI=1S/C17H27N3O4.2ClH/c1-14(22)18-15-2-4-17(5-3-15)24-13-16(23)12-20-8-6-19(7-9-20)10-11-21;;/h2-5,16,21,23H,6-13H2,1H3,(H,18,22);2*1H. The van der Waals surface area contributed by atoms with E-state index in [2.05, 4.69) is 15.1 Å². The van der Waals surface area contributed by atoms with Gasteiger partial charge >= 0.3 is 0 Å². The number of aliphatic hydroxyl groups excluding tert-OH is 2. The van der Waals surface area contributed by atoms with Gasteiger partial charge in [-0.1, -0.05) is 0 Å². The van der Waals surface area contributed by atoms with E-state index >= 15 is 0 Å². The quantitative estimate of drug-likeness (QED) is 0.589. The molecule has 1 atom stereocenters. The van der Waals surface area contributed by atoms with Gasteiger partial charge < -0.3 is 20.3 Å². The third-order valence-electron chi connectivity index (χ3n) is 3.97. The van der Waals surface area contributed by atoms with Crippen molar-refractivity contribution in [2.75, 3.05) is 57.8 Å². The summed E-state index contributed by atoms with van der Waals surface area (Å²) >= 11 is 0. The minimum absolute atomic E-state index is 0. The van der Waals surface area contributed by atoms with Crippen LogP contribution in [0.15, 0.2) is 24.3 Å². The Balaban J connectivity index is 0.00000312. The monoisotopic (exact) mass is 409 g/mol. The van der Waals surface area contributed by atoms with Crippen molar-refractivity contribution in [1.29, 1.82) is 0 Å². The van der Waals surface area contributed by atoms with Crippen molar-refractivity contribution >= 4 is 36.4 Å². The molecule has 1 aromatic rings. The number of ether oxygens (including phenoxy) is 1. The molecule has 1 fully saturated rings. The van der Waals surface area contributed by atoms with Crippen LogP contribution in [0, 0.1) is 0 Å². The number of carbonyl (C=O) groups excluding carboxylic acids is 1.